The number of aromatic hydroxyl groups is 1. The molecule has 0 saturated carbocycles. The molecule has 0 aliphatic rings. The van der Waals surface area contributed by atoms with Gasteiger partial charge in [-0.05, 0) is 41.8 Å². The van der Waals surface area contributed by atoms with Gasteiger partial charge in [0.1, 0.15) is 5.75 Å². The summed E-state index contributed by atoms with van der Waals surface area (Å²) < 4.78 is 0. The Labute approximate surface area is 122 Å². The maximum absolute atomic E-state index is 10.1. The molecule has 1 unspecified atom stereocenters. The molecule has 2 N–H and O–H groups in total. The number of benzene rings is 2. The van der Waals surface area contributed by atoms with Crippen molar-refractivity contribution in [3.05, 3.63) is 63.6 Å². The van der Waals surface area contributed by atoms with Gasteiger partial charge in [0.15, 0.2) is 0 Å². The lowest BCUT2D eigenvalue weighted by Gasteiger charge is -2.12. The third-order valence-electron chi connectivity index (χ3n) is 2.88. The van der Waals surface area contributed by atoms with E-state index in [0.717, 1.165) is 11.1 Å². The van der Waals surface area contributed by atoms with Gasteiger partial charge in [-0.25, -0.2) is 0 Å². The monoisotopic (exact) mass is 296 g/mol. The van der Waals surface area contributed by atoms with Gasteiger partial charge in [0.2, 0.25) is 0 Å². The molecule has 2 aromatic rings. The Kier molecular flexibility index (Phi) is 4.70. The minimum absolute atomic E-state index is 0.221. The highest BCUT2D eigenvalue weighted by Crippen LogP contribution is 2.23. The quantitative estimate of drug-likeness (QED) is 0.900. The summed E-state index contributed by atoms with van der Waals surface area (Å²) in [5, 5.41) is 20.4. The number of halogens is 2. The zero-order valence-electron chi connectivity index (χ0n) is 10.2. The second-order valence-corrected chi connectivity index (χ2v) is 5.31. The fourth-order valence-corrected chi connectivity index (χ4v) is 2.40. The van der Waals surface area contributed by atoms with Crippen LogP contribution in [0.4, 0.5) is 0 Å². The Morgan fingerprint density at radius 3 is 2.26 bits per heavy atom. The molecule has 0 radical (unpaired) electrons. The molecule has 2 nitrogen and oxygen atoms in total. The van der Waals surface area contributed by atoms with Gasteiger partial charge in [-0.1, -0.05) is 41.4 Å². The lowest BCUT2D eigenvalue weighted by Crippen LogP contribution is -2.14. The van der Waals surface area contributed by atoms with Gasteiger partial charge >= 0.3 is 0 Å². The van der Waals surface area contributed by atoms with E-state index in [2.05, 4.69) is 0 Å². The van der Waals surface area contributed by atoms with Crippen molar-refractivity contribution in [2.75, 3.05) is 0 Å². The molecule has 19 heavy (non-hydrogen) atoms. The standard InChI is InChI=1S/C15H14Cl2O2/c16-12-4-3-11(15(17)9-12)8-14(19)7-10-1-5-13(18)6-2-10/h1-6,9,14,18-19H,7-8H2. The molecule has 0 saturated heterocycles. The predicted molar refractivity (Wildman–Crippen MR) is 78.0 cm³/mol. The summed E-state index contributed by atoms with van der Waals surface area (Å²) >= 11 is 11.9. The zero-order valence-corrected chi connectivity index (χ0v) is 11.7. The summed E-state index contributed by atoms with van der Waals surface area (Å²) in [5.41, 5.74) is 1.84. The Morgan fingerprint density at radius 2 is 1.63 bits per heavy atom. The first kappa shape index (κ1) is 14.2. The van der Waals surface area contributed by atoms with Crippen molar-refractivity contribution in [2.24, 2.45) is 0 Å². The van der Waals surface area contributed by atoms with Crippen molar-refractivity contribution in [2.45, 2.75) is 18.9 Å². The van der Waals surface area contributed by atoms with Crippen molar-refractivity contribution in [1.82, 2.24) is 0 Å². The van der Waals surface area contributed by atoms with E-state index in [0.29, 0.717) is 22.9 Å². The molecule has 100 valence electrons. The lowest BCUT2D eigenvalue weighted by molar-refractivity contribution is 0.175. The van der Waals surface area contributed by atoms with E-state index >= 15 is 0 Å². The van der Waals surface area contributed by atoms with E-state index in [4.69, 9.17) is 23.2 Å². The van der Waals surface area contributed by atoms with Gasteiger partial charge in [-0.2, -0.15) is 0 Å². The molecule has 0 heterocycles. The molecule has 2 rings (SSSR count). The van der Waals surface area contributed by atoms with Crippen molar-refractivity contribution >= 4 is 23.2 Å². The van der Waals surface area contributed by atoms with Crippen LogP contribution in [0.3, 0.4) is 0 Å². The molecule has 0 bridgehead atoms. The molecule has 1 atom stereocenters. The molecule has 4 heteroatoms. The van der Waals surface area contributed by atoms with Crippen LogP contribution >= 0.6 is 23.2 Å². The smallest absolute Gasteiger partial charge is 0.115 e. The van der Waals surface area contributed by atoms with Crippen LogP contribution in [0.1, 0.15) is 11.1 Å². The Balaban J connectivity index is 2.01. The maximum Gasteiger partial charge on any atom is 0.115 e. The topological polar surface area (TPSA) is 40.5 Å². The first-order valence-electron chi connectivity index (χ1n) is 5.94. The van der Waals surface area contributed by atoms with E-state index in [1.54, 1.807) is 36.4 Å². The van der Waals surface area contributed by atoms with Crippen LogP contribution in [0.15, 0.2) is 42.5 Å². The summed E-state index contributed by atoms with van der Waals surface area (Å²) in [4.78, 5) is 0. The van der Waals surface area contributed by atoms with Gasteiger partial charge in [-0.3, -0.25) is 0 Å². The van der Waals surface area contributed by atoms with Crippen LogP contribution in [0, 0.1) is 0 Å². The maximum atomic E-state index is 10.1. The number of hydrogen-bond donors (Lipinski definition) is 2. The van der Waals surface area contributed by atoms with Gasteiger partial charge < -0.3 is 10.2 Å². The third kappa shape index (κ3) is 4.13. The van der Waals surface area contributed by atoms with Crippen LogP contribution in [0.2, 0.25) is 10.0 Å². The van der Waals surface area contributed by atoms with Crippen molar-refractivity contribution in [1.29, 1.82) is 0 Å². The summed E-state index contributed by atoms with van der Waals surface area (Å²) in [6.07, 6.45) is 0.457. The molecule has 0 amide bonds. The second kappa shape index (κ2) is 6.29. The molecule has 0 aromatic heterocycles. The van der Waals surface area contributed by atoms with Crippen LogP contribution in [0.5, 0.6) is 5.75 Å². The van der Waals surface area contributed by atoms with Crippen LogP contribution in [-0.2, 0) is 12.8 Å². The average Bonchev–Trinajstić information content (AvgIpc) is 2.36. The largest absolute Gasteiger partial charge is 0.508 e. The minimum atomic E-state index is -0.525. The fraction of sp³-hybridized carbons (Fsp3) is 0.200. The SMILES string of the molecule is Oc1ccc(CC(O)Cc2ccc(Cl)cc2Cl)cc1. The fourth-order valence-electron chi connectivity index (χ4n) is 1.92. The number of hydrogen-bond acceptors (Lipinski definition) is 2. The number of aliphatic hydroxyl groups is 1. The van der Waals surface area contributed by atoms with E-state index in [9.17, 15) is 10.2 Å². The van der Waals surface area contributed by atoms with Gasteiger partial charge in [0, 0.05) is 16.5 Å². The summed E-state index contributed by atoms with van der Waals surface area (Å²) in [7, 11) is 0. The molecule has 0 spiro atoms. The predicted octanol–water partition coefficient (Wildman–Crippen LogP) is 3.85. The van der Waals surface area contributed by atoms with Gasteiger partial charge in [0.25, 0.3) is 0 Å². The van der Waals surface area contributed by atoms with E-state index in [-0.39, 0.29) is 5.75 Å². The highest BCUT2D eigenvalue weighted by molar-refractivity contribution is 6.35. The molecular formula is C15H14Cl2O2. The third-order valence-corrected chi connectivity index (χ3v) is 3.47. The van der Waals surface area contributed by atoms with E-state index in [1.807, 2.05) is 6.07 Å². The van der Waals surface area contributed by atoms with E-state index in [1.165, 1.54) is 0 Å². The van der Waals surface area contributed by atoms with Crippen molar-refractivity contribution in [3.63, 3.8) is 0 Å². The highest BCUT2D eigenvalue weighted by Gasteiger charge is 2.10. The Bertz CT molecular complexity index is 553. The second-order valence-electron chi connectivity index (χ2n) is 4.46. The summed E-state index contributed by atoms with van der Waals surface area (Å²) in [6.45, 7) is 0. The summed E-state index contributed by atoms with van der Waals surface area (Å²) in [5.74, 6) is 0.221. The molecular weight excluding hydrogens is 283 g/mol. The number of phenols is 1. The number of phenolic OH excluding ortho intramolecular Hbond substituents is 1. The zero-order chi connectivity index (χ0) is 13.8. The normalized spacial score (nSPS) is 12.4. The summed E-state index contributed by atoms with van der Waals surface area (Å²) in [6, 6.07) is 12.1. The van der Waals surface area contributed by atoms with Crippen LogP contribution < -0.4 is 0 Å². The van der Waals surface area contributed by atoms with Crippen LogP contribution in [0.25, 0.3) is 0 Å². The van der Waals surface area contributed by atoms with Crippen molar-refractivity contribution in [3.8, 4) is 5.75 Å². The Morgan fingerprint density at radius 1 is 0.947 bits per heavy atom. The molecule has 0 aliphatic heterocycles. The number of aliphatic hydroxyl groups excluding tert-OH is 1. The number of rotatable bonds is 4. The lowest BCUT2D eigenvalue weighted by atomic mass is 10.0. The average molecular weight is 297 g/mol. The first-order chi connectivity index (χ1) is 9.04. The first-order valence-corrected chi connectivity index (χ1v) is 6.70. The minimum Gasteiger partial charge on any atom is -0.508 e. The molecule has 0 fully saturated rings. The highest BCUT2D eigenvalue weighted by atomic mass is 35.5. The van der Waals surface area contributed by atoms with Crippen LogP contribution in [-0.4, -0.2) is 16.3 Å². The van der Waals surface area contributed by atoms with E-state index < -0.39 is 6.10 Å². The Hall–Kier alpha value is -1.22. The molecule has 0 aliphatic carbocycles. The van der Waals surface area contributed by atoms with Gasteiger partial charge in [0.05, 0.1) is 6.10 Å². The van der Waals surface area contributed by atoms with Gasteiger partial charge in [-0.15, -0.1) is 0 Å². The molecule has 2 aromatic carbocycles. The van der Waals surface area contributed by atoms with Crippen molar-refractivity contribution < 1.29 is 10.2 Å².